The summed E-state index contributed by atoms with van der Waals surface area (Å²) in [6.45, 7) is 2.14. The van der Waals surface area contributed by atoms with Gasteiger partial charge in [-0.25, -0.2) is 4.79 Å². The molecule has 0 N–H and O–H groups in total. The highest BCUT2D eigenvalue weighted by molar-refractivity contribution is 9.10. The smallest absolute Gasteiger partial charge is 0.344 e. The van der Waals surface area contributed by atoms with E-state index in [1.807, 2.05) is 18.2 Å². The average molecular weight is 371 g/mol. The highest BCUT2D eigenvalue weighted by Gasteiger charge is 2.19. The van der Waals surface area contributed by atoms with Gasteiger partial charge in [-0.05, 0) is 37.1 Å². The zero-order chi connectivity index (χ0) is 16.5. The molecule has 22 heavy (non-hydrogen) atoms. The molecule has 0 aromatic heterocycles. The second kappa shape index (κ2) is 9.25. The van der Waals surface area contributed by atoms with Crippen LogP contribution in [-0.2, 0) is 25.5 Å². The summed E-state index contributed by atoms with van der Waals surface area (Å²) in [6.07, 6.45) is 1.80. The fourth-order valence-corrected chi connectivity index (χ4v) is 2.20. The van der Waals surface area contributed by atoms with E-state index in [2.05, 4.69) is 20.7 Å². The molecule has 0 saturated carbocycles. The van der Waals surface area contributed by atoms with Gasteiger partial charge in [0.1, 0.15) is 17.6 Å². The molecular weight excluding hydrogens is 352 g/mol. The van der Waals surface area contributed by atoms with Crippen molar-refractivity contribution >= 4 is 27.7 Å². The Morgan fingerprint density at radius 3 is 2.59 bits per heavy atom. The Hall–Kier alpha value is -1.82. The summed E-state index contributed by atoms with van der Waals surface area (Å²) in [5, 5.41) is 0. The zero-order valence-corrected chi connectivity index (χ0v) is 14.4. The second-order valence-corrected chi connectivity index (χ2v) is 5.21. The maximum absolute atomic E-state index is 12.2. The number of ether oxygens (including phenoxy) is 3. The first-order chi connectivity index (χ1) is 10.5. The molecule has 0 heterocycles. The van der Waals surface area contributed by atoms with E-state index in [0.717, 1.165) is 16.3 Å². The van der Waals surface area contributed by atoms with Crippen LogP contribution in [0, 0.1) is 0 Å². The number of rotatable bonds is 8. The lowest BCUT2D eigenvalue weighted by atomic mass is 10.0. The lowest BCUT2D eigenvalue weighted by molar-refractivity contribution is -0.138. The van der Waals surface area contributed by atoms with Crippen molar-refractivity contribution in [1.29, 1.82) is 0 Å². The first-order valence-electron chi connectivity index (χ1n) is 6.79. The van der Waals surface area contributed by atoms with Gasteiger partial charge in [-0.1, -0.05) is 15.9 Å². The fraction of sp³-hybridized carbons (Fsp3) is 0.375. The van der Waals surface area contributed by atoms with E-state index in [0.29, 0.717) is 18.8 Å². The molecular formula is C16H19BrO5. The SMILES string of the molecule is CCOC=C(C(=O)CCc1cc(OC)ccc1Br)C(=O)OC. The van der Waals surface area contributed by atoms with E-state index in [9.17, 15) is 9.59 Å². The van der Waals surface area contributed by atoms with Crippen LogP contribution >= 0.6 is 15.9 Å². The van der Waals surface area contributed by atoms with Gasteiger partial charge in [-0.15, -0.1) is 0 Å². The Morgan fingerprint density at radius 1 is 1.27 bits per heavy atom. The monoisotopic (exact) mass is 370 g/mol. The van der Waals surface area contributed by atoms with E-state index in [-0.39, 0.29) is 17.8 Å². The zero-order valence-electron chi connectivity index (χ0n) is 12.8. The Bertz CT molecular complexity index is 566. The average Bonchev–Trinajstić information content (AvgIpc) is 2.54. The van der Waals surface area contributed by atoms with Crippen molar-refractivity contribution < 1.29 is 23.8 Å². The molecule has 1 aromatic carbocycles. The Labute approximate surface area is 138 Å². The van der Waals surface area contributed by atoms with Gasteiger partial charge in [0.15, 0.2) is 5.78 Å². The number of carbonyl (C=O) groups is 2. The van der Waals surface area contributed by atoms with Gasteiger partial charge in [0.25, 0.3) is 0 Å². The quantitative estimate of drug-likeness (QED) is 0.231. The predicted octanol–water partition coefficient (Wildman–Crippen LogP) is 3.05. The van der Waals surface area contributed by atoms with E-state index in [1.54, 1.807) is 14.0 Å². The number of benzene rings is 1. The van der Waals surface area contributed by atoms with Crippen molar-refractivity contribution in [2.75, 3.05) is 20.8 Å². The Morgan fingerprint density at radius 2 is 2.00 bits per heavy atom. The van der Waals surface area contributed by atoms with Crippen LogP contribution in [0.5, 0.6) is 5.75 Å². The molecule has 120 valence electrons. The van der Waals surface area contributed by atoms with E-state index in [4.69, 9.17) is 9.47 Å². The lowest BCUT2D eigenvalue weighted by Gasteiger charge is -2.08. The third-order valence-corrected chi connectivity index (χ3v) is 3.72. The van der Waals surface area contributed by atoms with Gasteiger partial charge < -0.3 is 14.2 Å². The summed E-state index contributed by atoms with van der Waals surface area (Å²) in [5.41, 5.74) is 0.844. The number of hydrogen-bond donors (Lipinski definition) is 0. The number of ketones is 1. The maximum atomic E-state index is 12.2. The highest BCUT2D eigenvalue weighted by Crippen LogP contribution is 2.24. The van der Waals surface area contributed by atoms with Crippen LogP contribution in [0.3, 0.4) is 0 Å². The van der Waals surface area contributed by atoms with Crippen LogP contribution in [-0.4, -0.2) is 32.6 Å². The molecule has 0 amide bonds. The number of aryl methyl sites for hydroxylation is 1. The molecule has 0 bridgehead atoms. The van der Waals surface area contributed by atoms with E-state index >= 15 is 0 Å². The van der Waals surface area contributed by atoms with Crippen LogP contribution in [0.2, 0.25) is 0 Å². The van der Waals surface area contributed by atoms with Crippen LogP contribution in [0.1, 0.15) is 18.9 Å². The van der Waals surface area contributed by atoms with Crippen LogP contribution in [0.15, 0.2) is 34.5 Å². The van der Waals surface area contributed by atoms with Gasteiger partial charge >= 0.3 is 5.97 Å². The van der Waals surface area contributed by atoms with Crippen LogP contribution in [0.4, 0.5) is 0 Å². The summed E-state index contributed by atoms with van der Waals surface area (Å²) in [4.78, 5) is 23.8. The van der Waals surface area contributed by atoms with Crippen molar-refractivity contribution in [3.63, 3.8) is 0 Å². The number of halogens is 1. The first kappa shape index (κ1) is 18.2. The van der Waals surface area contributed by atoms with Gasteiger partial charge in [-0.2, -0.15) is 0 Å². The standard InChI is InChI=1S/C16H19BrO5/c1-4-22-10-13(16(19)21-3)15(18)8-5-11-9-12(20-2)6-7-14(11)17/h6-7,9-10H,4-5,8H2,1-3H3. The highest BCUT2D eigenvalue weighted by atomic mass is 79.9. The third kappa shape index (κ3) is 5.18. The minimum atomic E-state index is -0.692. The molecule has 1 aromatic rings. The summed E-state index contributed by atoms with van der Waals surface area (Å²) in [7, 11) is 2.81. The lowest BCUT2D eigenvalue weighted by Crippen LogP contribution is -2.15. The number of hydrogen-bond acceptors (Lipinski definition) is 5. The molecule has 0 atom stereocenters. The number of esters is 1. The minimum Gasteiger partial charge on any atom is -0.500 e. The Kier molecular flexibility index (Phi) is 7.66. The third-order valence-electron chi connectivity index (χ3n) is 2.95. The molecule has 6 heteroatoms. The van der Waals surface area contributed by atoms with Gasteiger partial charge in [0, 0.05) is 10.9 Å². The van der Waals surface area contributed by atoms with Crippen molar-refractivity contribution in [1.82, 2.24) is 0 Å². The molecule has 0 saturated heterocycles. The van der Waals surface area contributed by atoms with Crippen molar-refractivity contribution in [3.05, 3.63) is 40.1 Å². The van der Waals surface area contributed by atoms with Gasteiger partial charge in [-0.3, -0.25) is 4.79 Å². The molecule has 0 spiro atoms. The molecule has 0 aliphatic rings. The van der Waals surface area contributed by atoms with Crippen molar-refractivity contribution in [2.45, 2.75) is 19.8 Å². The second-order valence-electron chi connectivity index (χ2n) is 4.36. The summed E-state index contributed by atoms with van der Waals surface area (Å²) in [6, 6.07) is 5.53. The van der Waals surface area contributed by atoms with Crippen molar-refractivity contribution in [2.24, 2.45) is 0 Å². The van der Waals surface area contributed by atoms with E-state index < -0.39 is 5.97 Å². The summed E-state index contributed by atoms with van der Waals surface area (Å²) >= 11 is 3.43. The molecule has 0 fully saturated rings. The molecule has 0 aliphatic heterocycles. The topological polar surface area (TPSA) is 61.8 Å². The maximum Gasteiger partial charge on any atom is 0.344 e. The van der Waals surface area contributed by atoms with E-state index in [1.165, 1.54) is 7.11 Å². The fourth-order valence-electron chi connectivity index (χ4n) is 1.76. The molecule has 1 rings (SSSR count). The summed E-state index contributed by atoms with van der Waals surface area (Å²) < 4.78 is 15.7. The molecule has 0 radical (unpaired) electrons. The van der Waals surface area contributed by atoms with Crippen molar-refractivity contribution in [3.8, 4) is 5.75 Å². The van der Waals surface area contributed by atoms with Crippen LogP contribution < -0.4 is 4.74 Å². The predicted molar refractivity (Wildman–Crippen MR) is 85.7 cm³/mol. The minimum absolute atomic E-state index is 0.0802. The number of Topliss-reactive ketones (excluding diaryl/α,β-unsaturated/α-hetero) is 1. The Balaban J connectivity index is 2.80. The molecule has 5 nitrogen and oxygen atoms in total. The van der Waals surface area contributed by atoms with Gasteiger partial charge in [0.2, 0.25) is 0 Å². The molecule has 0 unspecified atom stereocenters. The largest absolute Gasteiger partial charge is 0.500 e. The normalized spacial score (nSPS) is 11.0. The van der Waals surface area contributed by atoms with Gasteiger partial charge in [0.05, 0.1) is 20.8 Å². The number of methoxy groups -OCH3 is 2. The van der Waals surface area contributed by atoms with Crippen LogP contribution in [0.25, 0.3) is 0 Å². The number of carbonyl (C=O) groups excluding carboxylic acids is 2. The molecule has 0 aliphatic carbocycles. The summed E-state index contributed by atoms with van der Waals surface area (Å²) in [5.74, 6) is -0.304. The first-order valence-corrected chi connectivity index (χ1v) is 7.58.